The van der Waals surface area contributed by atoms with Gasteiger partial charge in [0.1, 0.15) is 0 Å². The lowest BCUT2D eigenvalue weighted by Crippen LogP contribution is -2.24. The fourth-order valence-electron chi connectivity index (χ4n) is 0.447. The van der Waals surface area contributed by atoms with Crippen molar-refractivity contribution in [3.05, 3.63) is 0 Å². The lowest BCUT2D eigenvalue weighted by Gasteiger charge is -2.22. The van der Waals surface area contributed by atoms with Crippen molar-refractivity contribution in [3.63, 3.8) is 0 Å². The molecule has 0 spiro atoms. The Hall–Kier alpha value is 0.390. The van der Waals surface area contributed by atoms with Gasteiger partial charge in [-0.1, -0.05) is 23.2 Å². The van der Waals surface area contributed by atoms with Gasteiger partial charge in [-0.3, -0.25) is 4.67 Å². The van der Waals surface area contributed by atoms with E-state index < -0.39 is 0 Å². The Morgan fingerprint density at radius 1 is 1.50 bits per heavy atom. The Bertz CT molecular complexity index is 77.5. The van der Waals surface area contributed by atoms with E-state index in [-0.39, 0.29) is 9.34 Å². The van der Waals surface area contributed by atoms with Crippen molar-refractivity contribution in [3.8, 4) is 0 Å². The molecule has 0 rings (SSSR count). The van der Waals surface area contributed by atoms with Crippen LogP contribution in [0.1, 0.15) is 20.8 Å². The van der Waals surface area contributed by atoms with Gasteiger partial charge in [0.25, 0.3) is 0 Å². The van der Waals surface area contributed by atoms with Crippen LogP contribution in [-0.2, 0) is 0 Å². The number of hydrogen-bond donors (Lipinski definition) is 0. The maximum absolute atomic E-state index is 7.09. The number of nitrogens with zero attached hydrogens (tertiary/aromatic N) is 1. The Morgan fingerprint density at radius 2 is 2.00 bits per heavy atom. The van der Waals surface area contributed by atoms with Gasteiger partial charge in [0.2, 0.25) is 0 Å². The van der Waals surface area contributed by atoms with Gasteiger partial charge in [-0.05, 0) is 19.9 Å². The standard InChI is InChI=1S/C6H16NP/c1-5(2)6(3)7(4)8/h5-6H,8H2,1-4H3/i8T. The second-order valence-electron chi connectivity index (χ2n) is 2.60. The first-order valence-electron chi connectivity index (χ1n) is 3.49. The third kappa shape index (κ3) is 2.64. The molecule has 0 aliphatic carbocycles. The van der Waals surface area contributed by atoms with Gasteiger partial charge < -0.3 is 0 Å². The summed E-state index contributed by atoms with van der Waals surface area (Å²) in [5.41, 5.74) is 0. The van der Waals surface area contributed by atoms with E-state index in [1.54, 1.807) is 0 Å². The monoisotopic (exact) mass is 135 g/mol. The highest BCUT2D eigenvalue weighted by Gasteiger charge is 2.07. The average molecular weight is 135 g/mol. The van der Waals surface area contributed by atoms with Crippen LogP contribution in [0, 0.1) is 5.92 Å². The van der Waals surface area contributed by atoms with Crippen molar-refractivity contribution < 1.29 is 0 Å². The van der Waals surface area contributed by atoms with Crippen molar-refractivity contribution in [2.45, 2.75) is 26.8 Å². The summed E-state index contributed by atoms with van der Waals surface area (Å²) in [6.45, 7) is 6.52. The molecule has 0 fully saturated rings. The second-order valence-corrected chi connectivity index (χ2v) is 3.30. The minimum Gasteiger partial charge on any atom is -0.287 e. The van der Waals surface area contributed by atoms with Gasteiger partial charge in [0, 0.05) is 6.04 Å². The molecule has 50 valence electrons. The van der Waals surface area contributed by atoms with Crippen LogP contribution >= 0.6 is 9.34 Å². The largest absolute Gasteiger partial charge is 0.287 e. The first-order valence-corrected chi connectivity index (χ1v) is 3.44. The Labute approximate surface area is 56.0 Å². The van der Waals surface area contributed by atoms with Gasteiger partial charge >= 0.3 is 0 Å². The van der Waals surface area contributed by atoms with Crippen molar-refractivity contribution >= 4 is 9.34 Å². The molecule has 8 heavy (non-hydrogen) atoms. The first kappa shape index (κ1) is 6.51. The molecular formula is C6H16NP. The summed E-state index contributed by atoms with van der Waals surface area (Å²) in [5, 5.41) is 0. The van der Waals surface area contributed by atoms with Crippen LogP contribution in [0.3, 0.4) is 0 Å². The van der Waals surface area contributed by atoms with Gasteiger partial charge in [0.05, 0.1) is 1.28 Å². The zero-order valence-electron chi connectivity index (χ0n) is 7.10. The summed E-state index contributed by atoms with van der Waals surface area (Å²) in [6, 6.07) is 0.542. The molecule has 0 aromatic heterocycles. The Morgan fingerprint density at radius 3 is 2.12 bits per heavy atom. The summed E-state index contributed by atoms with van der Waals surface area (Å²) in [4.78, 5) is 0. The minimum absolute atomic E-state index is 0.188. The van der Waals surface area contributed by atoms with Crippen LogP contribution in [0.4, 0.5) is 0 Å². The molecule has 0 aromatic carbocycles. The third-order valence-electron chi connectivity index (χ3n) is 1.58. The highest BCUT2D eigenvalue weighted by molar-refractivity contribution is 7.13. The summed E-state index contributed by atoms with van der Waals surface area (Å²) in [6.07, 6.45) is 0. The van der Waals surface area contributed by atoms with Crippen LogP contribution in [0.2, 0.25) is 0 Å². The van der Waals surface area contributed by atoms with Crippen LogP contribution in [0.5, 0.6) is 0 Å². The fraction of sp³-hybridized carbons (Fsp3) is 1.00. The number of rotatable bonds is 3. The maximum atomic E-state index is 7.09. The predicted octanol–water partition coefficient (Wildman–Crippen LogP) is 1.75. The lowest BCUT2D eigenvalue weighted by molar-refractivity contribution is 0.341. The SMILES string of the molecule is [3H]PN(C)C(C)C(C)C. The van der Waals surface area contributed by atoms with Crippen molar-refractivity contribution in [2.75, 3.05) is 7.05 Å². The Balaban J connectivity index is 3.58. The molecule has 0 heterocycles. The van der Waals surface area contributed by atoms with E-state index >= 15 is 0 Å². The van der Waals surface area contributed by atoms with E-state index in [2.05, 4.69) is 25.4 Å². The average Bonchev–Trinajstić information content (AvgIpc) is 1.84. The maximum Gasteiger partial charge on any atom is 0.0712 e. The van der Waals surface area contributed by atoms with Gasteiger partial charge in [0.15, 0.2) is 0 Å². The zero-order valence-corrected chi connectivity index (χ0v) is 7.10. The lowest BCUT2D eigenvalue weighted by atomic mass is 10.1. The summed E-state index contributed by atoms with van der Waals surface area (Å²) in [5.74, 6) is 0.660. The molecular weight excluding hydrogens is 117 g/mol. The molecule has 0 saturated carbocycles. The molecule has 1 nitrogen and oxygen atoms in total. The molecule has 0 N–H and O–H groups in total. The molecule has 0 aromatic rings. The van der Waals surface area contributed by atoms with Gasteiger partial charge in [-0.2, -0.15) is 0 Å². The summed E-state index contributed by atoms with van der Waals surface area (Å²) >= 11 is 0. The zero-order chi connectivity index (χ0) is 7.44. The molecule has 0 radical (unpaired) electrons. The van der Waals surface area contributed by atoms with E-state index in [0.29, 0.717) is 12.0 Å². The normalized spacial score (nSPS) is 18.5. The Kier molecular flexibility index (Phi) is 2.78. The van der Waals surface area contributed by atoms with E-state index in [1.165, 1.54) is 0 Å². The molecule has 2 heteroatoms. The fourth-order valence-corrected chi connectivity index (χ4v) is 0.745. The molecule has 2 atom stereocenters. The molecule has 0 bridgehead atoms. The van der Waals surface area contributed by atoms with E-state index in [1.807, 2.05) is 7.05 Å². The molecule has 0 aliphatic rings. The van der Waals surface area contributed by atoms with E-state index in [4.69, 9.17) is 1.28 Å². The van der Waals surface area contributed by atoms with Gasteiger partial charge in [-0.15, -0.1) is 0 Å². The third-order valence-corrected chi connectivity index (χ3v) is 1.98. The molecule has 0 aliphatic heterocycles. The highest BCUT2D eigenvalue weighted by atomic mass is 31.0. The van der Waals surface area contributed by atoms with Crippen LogP contribution < -0.4 is 0 Å². The minimum atomic E-state index is 0.188. The van der Waals surface area contributed by atoms with Crippen molar-refractivity contribution in [1.29, 1.82) is 1.28 Å². The van der Waals surface area contributed by atoms with Crippen molar-refractivity contribution in [2.24, 2.45) is 5.92 Å². The van der Waals surface area contributed by atoms with Crippen molar-refractivity contribution in [1.82, 2.24) is 4.67 Å². The van der Waals surface area contributed by atoms with Crippen LogP contribution in [-0.4, -0.2) is 19.0 Å². The van der Waals surface area contributed by atoms with Crippen LogP contribution in [0.25, 0.3) is 0 Å². The summed E-state index contributed by atoms with van der Waals surface area (Å²) < 4.78 is 9.15. The first-order chi connectivity index (χ1) is 4.09. The molecule has 0 saturated heterocycles. The van der Waals surface area contributed by atoms with Gasteiger partial charge in [-0.25, -0.2) is 0 Å². The second kappa shape index (κ2) is 3.42. The number of hydrogen-bond acceptors (Lipinski definition) is 1. The highest BCUT2D eigenvalue weighted by Crippen LogP contribution is 2.10. The summed E-state index contributed by atoms with van der Waals surface area (Å²) in [7, 11) is 2.18. The smallest absolute Gasteiger partial charge is 0.0712 e. The molecule has 0 amide bonds. The van der Waals surface area contributed by atoms with Crippen LogP contribution in [0.15, 0.2) is 0 Å². The van der Waals surface area contributed by atoms with E-state index in [9.17, 15) is 0 Å². The molecule has 2 unspecified atom stereocenters. The topological polar surface area (TPSA) is 3.24 Å². The predicted molar refractivity (Wildman–Crippen MR) is 41.8 cm³/mol. The van der Waals surface area contributed by atoms with E-state index in [0.717, 1.165) is 0 Å². The quantitative estimate of drug-likeness (QED) is 0.533.